The molecule has 64 heavy (non-hydrogen) atoms. The first-order valence-electron chi connectivity index (χ1n) is 27.4. The van der Waals surface area contributed by atoms with Crippen molar-refractivity contribution >= 4 is 23.3 Å². The fraction of sp³-hybridized carbons (Fsp3) is 0.889. The minimum atomic E-state index is -0.450. The first-order valence-corrected chi connectivity index (χ1v) is 27.4. The van der Waals surface area contributed by atoms with E-state index >= 15 is 0 Å². The van der Waals surface area contributed by atoms with Gasteiger partial charge >= 0.3 is 11.9 Å². The highest BCUT2D eigenvalue weighted by molar-refractivity contribution is 5.73. The van der Waals surface area contributed by atoms with Gasteiger partial charge < -0.3 is 25.0 Å². The molecule has 0 atom stereocenters. The van der Waals surface area contributed by atoms with Gasteiger partial charge in [-0.1, -0.05) is 168 Å². The van der Waals surface area contributed by atoms with Gasteiger partial charge in [-0.3, -0.25) is 24.1 Å². The summed E-state index contributed by atoms with van der Waals surface area (Å²) >= 11 is 0. The molecule has 0 heterocycles. The minimum Gasteiger partial charge on any atom is -0.466 e. The second-order valence-electron chi connectivity index (χ2n) is 19.4. The van der Waals surface area contributed by atoms with Crippen LogP contribution in [0.25, 0.3) is 0 Å². The molecule has 1 aliphatic rings. The SMILES string of the molecule is CCCCCCCCCCCOC(=O)CCCCCN(CCN(CCCCCC(=O)OCC(CCCCCCCC)CCCCCCCC)CCNc1c(NC)c(=O)c1=O)C1CCC1. The van der Waals surface area contributed by atoms with Gasteiger partial charge in [-0.05, 0) is 76.8 Å². The fourth-order valence-corrected chi connectivity index (χ4v) is 9.21. The number of esters is 2. The van der Waals surface area contributed by atoms with Gasteiger partial charge in [0.15, 0.2) is 0 Å². The molecule has 0 saturated heterocycles. The topological polar surface area (TPSA) is 117 Å². The molecular weight excluding hydrogens is 801 g/mol. The lowest BCUT2D eigenvalue weighted by molar-refractivity contribution is -0.145. The number of hydrogen-bond donors (Lipinski definition) is 2. The Morgan fingerprint density at radius 3 is 1.56 bits per heavy atom. The molecule has 0 bridgehead atoms. The highest BCUT2D eigenvalue weighted by Gasteiger charge is 2.25. The summed E-state index contributed by atoms with van der Waals surface area (Å²) in [7, 11) is 1.68. The van der Waals surface area contributed by atoms with Crippen molar-refractivity contribution < 1.29 is 19.1 Å². The zero-order valence-corrected chi connectivity index (χ0v) is 42.2. The summed E-state index contributed by atoms with van der Waals surface area (Å²) in [6, 6.07) is 0.630. The average Bonchev–Trinajstić information content (AvgIpc) is 3.27. The minimum absolute atomic E-state index is 0.0478. The summed E-state index contributed by atoms with van der Waals surface area (Å²) < 4.78 is 11.4. The van der Waals surface area contributed by atoms with Gasteiger partial charge in [0.2, 0.25) is 0 Å². The van der Waals surface area contributed by atoms with Crippen LogP contribution >= 0.6 is 0 Å². The molecule has 0 radical (unpaired) electrons. The predicted molar refractivity (Wildman–Crippen MR) is 271 cm³/mol. The van der Waals surface area contributed by atoms with E-state index in [0.29, 0.717) is 55.9 Å². The smallest absolute Gasteiger partial charge is 0.305 e. The van der Waals surface area contributed by atoms with Crippen LogP contribution in [0.5, 0.6) is 0 Å². The van der Waals surface area contributed by atoms with Crippen molar-refractivity contribution in [3.05, 3.63) is 20.4 Å². The Hall–Kier alpha value is -2.46. The normalized spacial score (nSPS) is 13.0. The van der Waals surface area contributed by atoms with Crippen LogP contribution in [0, 0.1) is 5.92 Å². The third kappa shape index (κ3) is 27.9. The number of unbranched alkanes of at least 4 members (excludes halogenated alkanes) is 22. The van der Waals surface area contributed by atoms with E-state index < -0.39 is 10.9 Å². The predicted octanol–water partition coefficient (Wildman–Crippen LogP) is 12.7. The van der Waals surface area contributed by atoms with E-state index in [0.717, 1.165) is 84.1 Å². The molecule has 0 spiro atoms. The van der Waals surface area contributed by atoms with Gasteiger partial charge in [-0.2, -0.15) is 0 Å². The molecular formula is C54H100N4O6. The Morgan fingerprint density at radius 1 is 0.547 bits per heavy atom. The molecule has 372 valence electrons. The third-order valence-electron chi connectivity index (χ3n) is 13.8. The lowest BCUT2D eigenvalue weighted by Gasteiger charge is -2.39. The van der Waals surface area contributed by atoms with Crippen LogP contribution in [0.1, 0.15) is 239 Å². The lowest BCUT2D eigenvalue weighted by Crippen LogP contribution is -2.45. The van der Waals surface area contributed by atoms with Crippen LogP contribution in [0.4, 0.5) is 11.4 Å². The van der Waals surface area contributed by atoms with Crippen molar-refractivity contribution in [1.29, 1.82) is 0 Å². The molecule has 1 saturated carbocycles. The molecule has 0 aromatic heterocycles. The standard InChI is InChI=1S/C54H100N4O6/c1-5-8-11-14-17-18-19-22-31-45-63-49(59)37-28-24-30-41-58(48-35-32-36-48)44-43-57(42-39-56-52-51(55-4)53(61)54(52)62)40-29-23-27-38-50(60)64-46-47(33-25-20-15-12-9-6-2)34-26-21-16-13-10-7-3/h47-48,55-56H,5-46H2,1-4H3. The van der Waals surface area contributed by atoms with Crippen molar-refractivity contribution in [3.8, 4) is 0 Å². The second-order valence-corrected chi connectivity index (χ2v) is 19.4. The largest absolute Gasteiger partial charge is 0.466 e. The fourth-order valence-electron chi connectivity index (χ4n) is 9.21. The first-order chi connectivity index (χ1) is 31.3. The summed E-state index contributed by atoms with van der Waals surface area (Å²) in [5, 5.41) is 6.10. The quantitative estimate of drug-likeness (QED) is 0.0372. The van der Waals surface area contributed by atoms with Gasteiger partial charge in [0.25, 0.3) is 10.9 Å². The molecule has 10 nitrogen and oxygen atoms in total. The van der Waals surface area contributed by atoms with Gasteiger partial charge in [0.05, 0.1) is 13.2 Å². The maximum Gasteiger partial charge on any atom is 0.305 e. The Labute approximate surface area is 392 Å². The van der Waals surface area contributed by atoms with Gasteiger partial charge in [0, 0.05) is 52.1 Å². The van der Waals surface area contributed by atoms with Crippen molar-refractivity contribution in [2.45, 2.75) is 245 Å². The van der Waals surface area contributed by atoms with Crippen LogP contribution in [-0.2, 0) is 19.1 Å². The summed E-state index contributed by atoms with van der Waals surface area (Å²) in [5.74, 6) is 0.389. The second kappa shape index (κ2) is 39.7. The summed E-state index contributed by atoms with van der Waals surface area (Å²) in [6.45, 7) is 13.1. The average molecular weight is 901 g/mol. The number of rotatable bonds is 47. The van der Waals surface area contributed by atoms with E-state index in [4.69, 9.17) is 9.47 Å². The van der Waals surface area contributed by atoms with E-state index in [1.807, 2.05) is 0 Å². The number of carbonyl (C=O) groups is 2. The van der Waals surface area contributed by atoms with Gasteiger partial charge in [-0.15, -0.1) is 0 Å². The summed E-state index contributed by atoms with van der Waals surface area (Å²) in [6.07, 6.45) is 39.8. The summed E-state index contributed by atoms with van der Waals surface area (Å²) in [4.78, 5) is 54.6. The van der Waals surface area contributed by atoms with Gasteiger partial charge in [-0.25, -0.2) is 0 Å². The molecule has 10 heteroatoms. The number of nitrogens with one attached hydrogen (secondary N) is 2. The van der Waals surface area contributed by atoms with E-state index in [9.17, 15) is 19.2 Å². The lowest BCUT2D eigenvalue weighted by atomic mass is 9.91. The van der Waals surface area contributed by atoms with E-state index in [2.05, 4.69) is 41.2 Å². The number of nitrogens with zero attached hydrogens (tertiary/aromatic N) is 2. The number of anilines is 2. The molecule has 0 amide bonds. The zero-order valence-electron chi connectivity index (χ0n) is 42.2. The maximum atomic E-state index is 12.9. The molecule has 1 aromatic rings. The molecule has 1 fully saturated rings. The Morgan fingerprint density at radius 2 is 1.03 bits per heavy atom. The van der Waals surface area contributed by atoms with Crippen molar-refractivity contribution in [1.82, 2.24) is 9.80 Å². The highest BCUT2D eigenvalue weighted by Crippen LogP contribution is 2.26. The van der Waals surface area contributed by atoms with Crippen molar-refractivity contribution in [2.75, 3.05) is 70.2 Å². The van der Waals surface area contributed by atoms with E-state index in [-0.39, 0.29) is 11.9 Å². The molecule has 0 aliphatic heterocycles. The monoisotopic (exact) mass is 901 g/mol. The molecule has 1 aromatic carbocycles. The third-order valence-corrected chi connectivity index (χ3v) is 13.8. The number of carbonyl (C=O) groups excluding carboxylic acids is 2. The van der Waals surface area contributed by atoms with Crippen LogP contribution in [0.2, 0.25) is 0 Å². The van der Waals surface area contributed by atoms with Crippen molar-refractivity contribution in [3.63, 3.8) is 0 Å². The van der Waals surface area contributed by atoms with Crippen LogP contribution in [0.3, 0.4) is 0 Å². The van der Waals surface area contributed by atoms with Crippen LogP contribution in [-0.4, -0.2) is 87.3 Å². The Bertz CT molecular complexity index is 1330. The van der Waals surface area contributed by atoms with Crippen LogP contribution in [0.15, 0.2) is 9.59 Å². The number of hydrogen-bond acceptors (Lipinski definition) is 10. The molecule has 1 aliphatic carbocycles. The van der Waals surface area contributed by atoms with Gasteiger partial charge in [0.1, 0.15) is 11.4 Å². The Kier molecular flexibility index (Phi) is 35.8. The first kappa shape index (κ1) is 57.7. The Balaban J connectivity index is 1.76. The van der Waals surface area contributed by atoms with E-state index in [1.54, 1.807) is 7.05 Å². The molecule has 2 rings (SSSR count). The zero-order chi connectivity index (χ0) is 46.3. The summed E-state index contributed by atoms with van der Waals surface area (Å²) in [5.41, 5.74) is -0.116. The van der Waals surface area contributed by atoms with Crippen LogP contribution < -0.4 is 21.5 Å². The highest BCUT2D eigenvalue weighted by atomic mass is 16.5. The molecule has 2 N–H and O–H groups in total. The molecule has 0 unspecified atom stereocenters. The van der Waals surface area contributed by atoms with E-state index in [1.165, 1.54) is 154 Å². The maximum absolute atomic E-state index is 12.9. The number of ether oxygens (including phenoxy) is 2. The van der Waals surface area contributed by atoms with Crippen molar-refractivity contribution in [2.24, 2.45) is 5.92 Å².